The molecule has 0 spiro atoms. The first-order chi connectivity index (χ1) is 12.3. The molecule has 7 nitrogen and oxygen atoms in total. The van der Waals surface area contributed by atoms with Crippen LogP contribution in [0.25, 0.3) is 0 Å². The average molecular weight is 363 g/mol. The molecule has 1 aliphatic rings. The van der Waals surface area contributed by atoms with E-state index in [0.29, 0.717) is 55.3 Å². The second-order valence-corrected chi connectivity index (χ2v) is 7.02. The minimum atomic E-state index is -0.437. The molecule has 26 heavy (non-hydrogen) atoms. The first-order valence-electron chi connectivity index (χ1n) is 9.16. The molecule has 1 fully saturated rings. The van der Waals surface area contributed by atoms with E-state index in [2.05, 4.69) is 9.88 Å². The summed E-state index contributed by atoms with van der Waals surface area (Å²) in [6, 6.07) is 0. The predicted molar refractivity (Wildman–Crippen MR) is 98.4 cm³/mol. The highest BCUT2D eigenvalue weighted by Gasteiger charge is 2.27. The van der Waals surface area contributed by atoms with Gasteiger partial charge in [-0.1, -0.05) is 13.8 Å². The van der Waals surface area contributed by atoms with Crippen LogP contribution >= 0.6 is 0 Å². The van der Waals surface area contributed by atoms with Crippen LogP contribution in [-0.2, 0) is 9.53 Å². The zero-order valence-corrected chi connectivity index (χ0v) is 16.3. The number of carbonyl (C=O) groups excluding carboxylic acids is 3. The number of H-pyrrole nitrogens is 1. The van der Waals surface area contributed by atoms with Gasteiger partial charge in [0.1, 0.15) is 5.69 Å². The number of nitrogens with zero attached hydrogens (tertiary/aromatic N) is 2. The first-order valence-corrected chi connectivity index (χ1v) is 9.16. The lowest BCUT2D eigenvalue weighted by atomic mass is 10.0. The number of nitrogens with one attached hydrogen (secondary N) is 1. The van der Waals surface area contributed by atoms with Crippen molar-refractivity contribution in [3.05, 3.63) is 22.5 Å². The van der Waals surface area contributed by atoms with Crippen LogP contribution in [0.5, 0.6) is 0 Å². The maximum absolute atomic E-state index is 12.8. The van der Waals surface area contributed by atoms with Crippen LogP contribution in [0.4, 0.5) is 0 Å². The Hall–Kier alpha value is -2.15. The number of hydrogen-bond acceptors (Lipinski definition) is 5. The van der Waals surface area contributed by atoms with Crippen LogP contribution in [-0.4, -0.2) is 71.8 Å². The molecule has 1 aliphatic heterocycles. The lowest BCUT2D eigenvalue weighted by Gasteiger charge is -2.35. The summed E-state index contributed by atoms with van der Waals surface area (Å²) in [6.07, 6.45) is 0. The summed E-state index contributed by atoms with van der Waals surface area (Å²) < 4.78 is 5.03. The molecular weight excluding hydrogens is 334 g/mol. The van der Waals surface area contributed by atoms with Crippen molar-refractivity contribution in [3.8, 4) is 0 Å². The van der Waals surface area contributed by atoms with Crippen LogP contribution in [0.2, 0.25) is 0 Å². The molecule has 2 rings (SSSR count). The molecule has 0 atom stereocenters. The molecular formula is C19H29N3O4. The molecule has 0 radical (unpaired) electrons. The Kier molecular flexibility index (Phi) is 6.58. The van der Waals surface area contributed by atoms with E-state index < -0.39 is 5.97 Å². The predicted octanol–water partition coefficient (Wildman–Crippen LogP) is 1.79. The fraction of sp³-hybridized carbons (Fsp3) is 0.632. The van der Waals surface area contributed by atoms with Gasteiger partial charge in [0.2, 0.25) is 5.91 Å². The van der Waals surface area contributed by atoms with E-state index >= 15 is 0 Å². The number of carbonyl (C=O) groups is 3. The van der Waals surface area contributed by atoms with E-state index in [1.165, 1.54) is 0 Å². The Morgan fingerprint density at radius 1 is 1.12 bits per heavy atom. The van der Waals surface area contributed by atoms with Gasteiger partial charge in [0.25, 0.3) is 0 Å². The van der Waals surface area contributed by atoms with Crippen LogP contribution in [0, 0.1) is 19.8 Å². The summed E-state index contributed by atoms with van der Waals surface area (Å²) >= 11 is 0. The number of hydrogen-bond donors (Lipinski definition) is 1. The van der Waals surface area contributed by atoms with Crippen LogP contribution in [0.1, 0.15) is 52.9 Å². The van der Waals surface area contributed by atoms with Gasteiger partial charge in [-0.15, -0.1) is 0 Å². The molecule has 1 aromatic rings. The fourth-order valence-electron chi connectivity index (χ4n) is 3.35. The number of aromatic nitrogens is 1. The number of piperazine rings is 1. The minimum absolute atomic E-state index is 0.00497. The molecule has 0 bridgehead atoms. The van der Waals surface area contributed by atoms with Crippen LogP contribution in [0.3, 0.4) is 0 Å². The van der Waals surface area contributed by atoms with Gasteiger partial charge in [0, 0.05) is 43.4 Å². The molecule has 0 unspecified atom stereocenters. The number of ketones is 1. The Labute approximate surface area is 154 Å². The lowest BCUT2D eigenvalue weighted by Crippen LogP contribution is -2.50. The Bertz CT molecular complexity index is 685. The van der Waals surface area contributed by atoms with Crippen molar-refractivity contribution in [1.29, 1.82) is 0 Å². The second kappa shape index (κ2) is 8.49. The summed E-state index contributed by atoms with van der Waals surface area (Å²) in [5.41, 5.74) is 2.23. The topological polar surface area (TPSA) is 82.7 Å². The summed E-state index contributed by atoms with van der Waals surface area (Å²) in [7, 11) is 0. The first kappa shape index (κ1) is 20.2. The van der Waals surface area contributed by atoms with Gasteiger partial charge < -0.3 is 14.6 Å². The third kappa shape index (κ3) is 4.33. The number of Topliss-reactive ketones (excluding diaryl/α,β-unsaturated/α-hetero) is 1. The number of esters is 1. The van der Waals surface area contributed by atoms with Crippen molar-refractivity contribution in [2.45, 2.75) is 34.6 Å². The highest BCUT2D eigenvalue weighted by atomic mass is 16.5. The van der Waals surface area contributed by atoms with Crippen molar-refractivity contribution >= 4 is 17.7 Å². The molecule has 0 aromatic carbocycles. The maximum atomic E-state index is 12.8. The number of rotatable bonds is 6. The maximum Gasteiger partial charge on any atom is 0.355 e. The Morgan fingerprint density at radius 2 is 1.73 bits per heavy atom. The van der Waals surface area contributed by atoms with E-state index in [1.54, 1.807) is 20.8 Å². The number of ether oxygens (including phenoxy) is 1. The molecule has 1 amide bonds. The number of aromatic amines is 1. The fourth-order valence-corrected chi connectivity index (χ4v) is 3.35. The van der Waals surface area contributed by atoms with Gasteiger partial charge in [-0.25, -0.2) is 4.79 Å². The smallest absolute Gasteiger partial charge is 0.355 e. The molecule has 7 heteroatoms. The van der Waals surface area contributed by atoms with Gasteiger partial charge in [0.05, 0.1) is 13.2 Å². The largest absolute Gasteiger partial charge is 0.461 e. The molecule has 1 aromatic heterocycles. The van der Waals surface area contributed by atoms with Crippen LogP contribution in [0.15, 0.2) is 0 Å². The summed E-state index contributed by atoms with van der Waals surface area (Å²) in [4.78, 5) is 43.7. The lowest BCUT2D eigenvalue weighted by molar-refractivity contribution is -0.136. The number of aryl methyl sites for hydroxylation is 1. The summed E-state index contributed by atoms with van der Waals surface area (Å²) in [6.45, 7) is 12.3. The van der Waals surface area contributed by atoms with Crippen molar-refractivity contribution in [1.82, 2.24) is 14.8 Å². The second-order valence-electron chi connectivity index (χ2n) is 7.02. The monoisotopic (exact) mass is 363 g/mol. The molecule has 1 N–H and O–H groups in total. The zero-order chi connectivity index (χ0) is 19.4. The zero-order valence-electron chi connectivity index (χ0n) is 16.3. The van der Waals surface area contributed by atoms with Gasteiger partial charge in [0.15, 0.2) is 5.78 Å². The van der Waals surface area contributed by atoms with E-state index in [9.17, 15) is 14.4 Å². The number of amides is 1. The summed E-state index contributed by atoms with van der Waals surface area (Å²) in [5.74, 6) is -0.301. The Balaban J connectivity index is 2.01. The van der Waals surface area contributed by atoms with Gasteiger partial charge in [-0.05, 0) is 26.3 Å². The quantitative estimate of drug-likeness (QED) is 0.615. The Morgan fingerprint density at radius 3 is 2.27 bits per heavy atom. The minimum Gasteiger partial charge on any atom is -0.461 e. The normalized spacial score (nSPS) is 15.4. The summed E-state index contributed by atoms with van der Waals surface area (Å²) in [5, 5.41) is 0. The molecule has 144 valence electrons. The van der Waals surface area contributed by atoms with Crippen molar-refractivity contribution in [2.75, 3.05) is 39.3 Å². The standard InChI is InChI=1S/C19H29N3O4/c1-6-26-19(25)17-13(4)16(14(5)20-17)15(23)11-21-7-9-22(10-8-21)18(24)12(2)3/h12,20H,6-11H2,1-5H3. The highest BCUT2D eigenvalue weighted by Crippen LogP contribution is 2.20. The molecule has 2 heterocycles. The SMILES string of the molecule is CCOC(=O)c1[nH]c(C)c(C(=O)CN2CCN(C(=O)C(C)C)CC2)c1C. The molecule has 0 aliphatic carbocycles. The van der Waals surface area contributed by atoms with E-state index in [-0.39, 0.29) is 24.2 Å². The third-order valence-corrected chi connectivity index (χ3v) is 4.74. The van der Waals surface area contributed by atoms with E-state index in [4.69, 9.17) is 4.74 Å². The van der Waals surface area contributed by atoms with E-state index in [1.807, 2.05) is 18.7 Å². The van der Waals surface area contributed by atoms with Crippen molar-refractivity contribution in [3.63, 3.8) is 0 Å². The van der Waals surface area contributed by atoms with Gasteiger partial charge in [-0.2, -0.15) is 0 Å². The highest BCUT2D eigenvalue weighted by molar-refractivity contribution is 6.03. The third-order valence-electron chi connectivity index (χ3n) is 4.74. The van der Waals surface area contributed by atoms with Gasteiger partial charge in [-0.3, -0.25) is 14.5 Å². The van der Waals surface area contributed by atoms with Crippen LogP contribution < -0.4 is 0 Å². The van der Waals surface area contributed by atoms with E-state index in [0.717, 1.165) is 0 Å². The van der Waals surface area contributed by atoms with Gasteiger partial charge >= 0.3 is 5.97 Å². The van der Waals surface area contributed by atoms with Crippen molar-refractivity contribution in [2.24, 2.45) is 5.92 Å². The van der Waals surface area contributed by atoms with Crippen molar-refractivity contribution < 1.29 is 19.1 Å². The molecule has 1 saturated heterocycles. The molecule has 0 saturated carbocycles. The average Bonchev–Trinajstić information content (AvgIpc) is 2.89.